The van der Waals surface area contributed by atoms with Gasteiger partial charge in [-0.2, -0.15) is 0 Å². The number of hydrogen-bond donors (Lipinski definition) is 1. The molecule has 3 heterocycles. The van der Waals surface area contributed by atoms with Gasteiger partial charge in [-0.05, 0) is 24.3 Å². The molecule has 0 fully saturated rings. The number of nitrogens with zero attached hydrogens (tertiary/aromatic N) is 3. The third-order valence-electron chi connectivity index (χ3n) is 2.58. The fraction of sp³-hybridized carbons (Fsp3) is 0. The summed E-state index contributed by atoms with van der Waals surface area (Å²) in [6.45, 7) is 0. The molecule has 18 heavy (non-hydrogen) atoms. The second-order valence-electron chi connectivity index (χ2n) is 3.73. The smallest absolute Gasteiger partial charge is 0.137 e. The van der Waals surface area contributed by atoms with Gasteiger partial charge in [0.15, 0.2) is 0 Å². The van der Waals surface area contributed by atoms with Crippen LogP contribution in [0.2, 0.25) is 0 Å². The summed E-state index contributed by atoms with van der Waals surface area (Å²) in [6, 6.07) is 7.38. The Morgan fingerprint density at radius 3 is 2.83 bits per heavy atom. The van der Waals surface area contributed by atoms with Crippen molar-refractivity contribution in [1.29, 1.82) is 0 Å². The standard InChI is InChI=1S/C13H10N4O/c14-13-10(12-2-1-5-18-12)6-9(7-16-13)11-3-4-15-8-17-11/h1-8H,(H2,14,16). The summed E-state index contributed by atoms with van der Waals surface area (Å²) in [7, 11) is 0. The van der Waals surface area contributed by atoms with Crippen LogP contribution in [0.5, 0.6) is 0 Å². The molecule has 0 bridgehead atoms. The van der Waals surface area contributed by atoms with E-state index in [1.54, 1.807) is 18.7 Å². The molecule has 3 aromatic rings. The van der Waals surface area contributed by atoms with Gasteiger partial charge in [-0.1, -0.05) is 0 Å². The highest BCUT2D eigenvalue weighted by molar-refractivity contribution is 5.75. The zero-order valence-corrected chi connectivity index (χ0v) is 9.45. The highest BCUT2D eigenvalue weighted by Crippen LogP contribution is 2.28. The molecule has 0 aliphatic heterocycles. The Morgan fingerprint density at radius 1 is 1.17 bits per heavy atom. The van der Waals surface area contributed by atoms with Gasteiger partial charge in [0.1, 0.15) is 17.9 Å². The van der Waals surface area contributed by atoms with Crippen molar-refractivity contribution in [3.05, 3.63) is 49.2 Å². The predicted octanol–water partition coefficient (Wildman–Crippen LogP) is 2.38. The van der Waals surface area contributed by atoms with Crippen LogP contribution in [0.15, 0.2) is 53.7 Å². The van der Waals surface area contributed by atoms with Crippen molar-refractivity contribution in [2.75, 3.05) is 5.73 Å². The van der Waals surface area contributed by atoms with E-state index >= 15 is 0 Å². The normalized spacial score (nSPS) is 10.4. The summed E-state index contributed by atoms with van der Waals surface area (Å²) < 4.78 is 5.34. The molecule has 0 spiro atoms. The van der Waals surface area contributed by atoms with E-state index in [1.807, 2.05) is 24.3 Å². The SMILES string of the molecule is Nc1ncc(-c2ccncn2)cc1-c1ccco1. The lowest BCUT2D eigenvalue weighted by atomic mass is 10.1. The van der Waals surface area contributed by atoms with Crippen LogP contribution in [-0.4, -0.2) is 15.0 Å². The lowest BCUT2D eigenvalue weighted by Crippen LogP contribution is -1.95. The van der Waals surface area contributed by atoms with Gasteiger partial charge in [-0.3, -0.25) is 0 Å². The van der Waals surface area contributed by atoms with Crippen LogP contribution in [0.3, 0.4) is 0 Å². The van der Waals surface area contributed by atoms with E-state index in [-0.39, 0.29) is 0 Å². The number of aromatic nitrogens is 3. The van der Waals surface area contributed by atoms with E-state index in [0.717, 1.165) is 16.8 Å². The van der Waals surface area contributed by atoms with Crippen molar-refractivity contribution >= 4 is 5.82 Å². The maximum Gasteiger partial charge on any atom is 0.137 e. The monoisotopic (exact) mass is 238 g/mol. The molecule has 0 radical (unpaired) electrons. The minimum Gasteiger partial charge on any atom is -0.464 e. The van der Waals surface area contributed by atoms with Crippen molar-refractivity contribution in [2.45, 2.75) is 0 Å². The van der Waals surface area contributed by atoms with Crippen LogP contribution in [0.4, 0.5) is 5.82 Å². The first kappa shape index (κ1) is 10.5. The second-order valence-corrected chi connectivity index (χ2v) is 3.73. The molecule has 0 saturated carbocycles. The number of nitrogen functional groups attached to an aromatic ring is 1. The van der Waals surface area contributed by atoms with E-state index in [1.165, 1.54) is 6.33 Å². The molecule has 2 N–H and O–H groups in total. The molecule has 3 rings (SSSR count). The highest BCUT2D eigenvalue weighted by Gasteiger charge is 2.09. The summed E-state index contributed by atoms with van der Waals surface area (Å²) in [6.07, 6.45) is 6.47. The number of hydrogen-bond acceptors (Lipinski definition) is 5. The van der Waals surface area contributed by atoms with Crippen molar-refractivity contribution in [1.82, 2.24) is 15.0 Å². The average Bonchev–Trinajstić information content (AvgIpc) is 2.94. The molecule has 0 unspecified atom stereocenters. The van der Waals surface area contributed by atoms with Gasteiger partial charge < -0.3 is 10.2 Å². The zero-order valence-electron chi connectivity index (χ0n) is 9.45. The van der Waals surface area contributed by atoms with E-state index in [0.29, 0.717) is 11.6 Å². The summed E-state index contributed by atoms with van der Waals surface area (Å²) in [5.41, 5.74) is 8.28. The largest absolute Gasteiger partial charge is 0.464 e. The van der Waals surface area contributed by atoms with Crippen molar-refractivity contribution in [3.63, 3.8) is 0 Å². The maximum atomic E-state index is 5.85. The quantitative estimate of drug-likeness (QED) is 0.741. The van der Waals surface area contributed by atoms with Crippen LogP contribution in [0.25, 0.3) is 22.6 Å². The lowest BCUT2D eigenvalue weighted by Gasteiger charge is -2.05. The lowest BCUT2D eigenvalue weighted by molar-refractivity contribution is 0.582. The van der Waals surface area contributed by atoms with Gasteiger partial charge in [0.25, 0.3) is 0 Å². The molecule has 0 saturated heterocycles. The third-order valence-corrected chi connectivity index (χ3v) is 2.58. The summed E-state index contributed by atoms with van der Waals surface area (Å²) >= 11 is 0. The first-order valence-electron chi connectivity index (χ1n) is 5.40. The van der Waals surface area contributed by atoms with Gasteiger partial charge in [0.05, 0.1) is 17.5 Å². The fourth-order valence-electron chi connectivity index (χ4n) is 1.71. The molecule has 0 aliphatic rings. The fourth-order valence-corrected chi connectivity index (χ4v) is 1.71. The Kier molecular flexibility index (Phi) is 2.49. The molecule has 0 aromatic carbocycles. The van der Waals surface area contributed by atoms with Crippen LogP contribution in [-0.2, 0) is 0 Å². The predicted molar refractivity (Wildman–Crippen MR) is 67.4 cm³/mol. The Morgan fingerprint density at radius 2 is 2.11 bits per heavy atom. The number of anilines is 1. The van der Waals surface area contributed by atoms with Gasteiger partial charge in [0.2, 0.25) is 0 Å². The summed E-state index contributed by atoms with van der Waals surface area (Å²) in [4.78, 5) is 12.2. The minimum atomic E-state index is 0.433. The number of nitrogens with two attached hydrogens (primary N) is 1. The average molecular weight is 238 g/mol. The van der Waals surface area contributed by atoms with Crippen molar-refractivity contribution in [2.24, 2.45) is 0 Å². The topological polar surface area (TPSA) is 77.8 Å². The molecule has 5 nitrogen and oxygen atoms in total. The van der Waals surface area contributed by atoms with Crippen molar-refractivity contribution in [3.8, 4) is 22.6 Å². The Labute approximate surface area is 103 Å². The molecule has 0 aliphatic carbocycles. The minimum absolute atomic E-state index is 0.433. The third kappa shape index (κ3) is 1.82. The number of pyridine rings is 1. The van der Waals surface area contributed by atoms with Crippen LogP contribution < -0.4 is 5.73 Å². The first-order valence-corrected chi connectivity index (χ1v) is 5.40. The molecule has 88 valence electrons. The van der Waals surface area contributed by atoms with E-state index in [2.05, 4.69) is 15.0 Å². The second kappa shape index (κ2) is 4.29. The molecule has 5 heteroatoms. The van der Waals surface area contributed by atoms with E-state index in [4.69, 9.17) is 10.2 Å². The number of rotatable bonds is 2. The van der Waals surface area contributed by atoms with Gasteiger partial charge >= 0.3 is 0 Å². The van der Waals surface area contributed by atoms with E-state index < -0.39 is 0 Å². The zero-order chi connectivity index (χ0) is 12.4. The van der Waals surface area contributed by atoms with Crippen LogP contribution in [0, 0.1) is 0 Å². The summed E-state index contributed by atoms with van der Waals surface area (Å²) in [5, 5.41) is 0. The Hall–Kier alpha value is -2.69. The maximum absolute atomic E-state index is 5.85. The van der Waals surface area contributed by atoms with E-state index in [9.17, 15) is 0 Å². The van der Waals surface area contributed by atoms with Gasteiger partial charge in [-0.25, -0.2) is 15.0 Å². The van der Waals surface area contributed by atoms with Crippen LogP contribution in [0.1, 0.15) is 0 Å². The molecule has 0 atom stereocenters. The van der Waals surface area contributed by atoms with Crippen LogP contribution >= 0.6 is 0 Å². The van der Waals surface area contributed by atoms with Gasteiger partial charge in [-0.15, -0.1) is 0 Å². The Balaban J connectivity index is 2.12. The molecule has 0 amide bonds. The first-order chi connectivity index (χ1) is 8.84. The van der Waals surface area contributed by atoms with Gasteiger partial charge in [0, 0.05) is 18.0 Å². The molecular formula is C13H10N4O. The number of furan rings is 1. The molecular weight excluding hydrogens is 228 g/mol. The highest BCUT2D eigenvalue weighted by atomic mass is 16.3. The Bertz CT molecular complexity index is 650. The van der Waals surface area contributed by atoms with Crippen molar-refractivity contribution < 1.29 is 4.42 Å². The summed E-state index contributed by atoms with van der Waals surface area (Å²) in [5.74, 6) is 1.12. The molecule has 3 aromatic heterocycles.